The van der Waals surface area contributed by atoms with E-state index in [1.165, 1.54) is 25.7 Å². The number of carbonyl (C=O) groups is 2. The average Bonchev–Trinajstić information content (AvgIpc) is 2.97. The fraction of sp³-hybridized carbons (Fsp3) is 0.889. The Balaban J connectivity index is 1.39. The molecule has 1 aliphatic heterocycles. The van der Waals surface area contributed by atoms with Gasteiger partial charge < -0.3 is 15.3 Å². The van der Waals surface area contributed by atoms with E-state index in [-0.39, 0.29) is 18.6 Å². The number of carboxylic acids is 1. The van der Waals surface area contributed by atoms with Gasteiger partial charge in [0, 0.05) is 25.2 Å². The fourth-order valence-corrected chi connectivity index (χ4v) is 4.75. The van der Waals surface area contributed by atoms with Crippen molar-refractivity contribution in [3.05, 3.63) is 0 Å². The zero-order valence-electron chi connectivity index (χ0n) is 14.8. The summed E-state index contributed by atoms with van der Waals surface area (Å²) in [5, 5.41) is 12.1. The highest BCUT2D eigenvalue weighted by Gasteiger charge is 2.39. The van der Waals surface area contributed by atoms with Crippen molar-refractivity contribution in [3.8, 4) is 0 Å². The number of hydrogen-bond donors (Lipinski definition) is 2. The van der Waals surface area contributed by atoms with Crippen molar-refractivity contribution < 1.29 is 14.7 Å². The van der Waals surface area contributed by atoms with E-state index in [4.69, 9.17) is 5.11 Å². The minimum absolute atomic E-state index is 0.0765. The number of rotatable bonds is 5. The summed E-state index contributed by atoms with van der Waals surface area (Å²) in [6.45, 7) is 4.60. The van der Waals surface area contributed by atoms with Gasteiger partial charge >= 0.3 is 12.0 Å². The average molecular weight is 337 g/mol. The number of nitrogens with zero attached hydrogens (tertiary/aromatic N) is 2. The lowest BCUT2D eigenvalue weighted by Gasteiger charge is -2.44. The standard InChI is InChI=1S/C18H31N3O3/c1-2-20(13-16(22)23)15-11-14(12-15)19-17(24)21-9-7-18(8-10-21)5-3-4-6-18/h14-15H,2-13H2,1H3,(H,19,24)(H,22,23). The normalized spacial score (nSPS) is 28.8. The molecule has 0 aromatic heterocycles. The molecule has 2 saturated carbocycles. The highest BCUT2D eigenvalue weighted by Crippen LogP contribution is 2.46. The van der Waals surface area contributed by atoms with E-state index in [0.29, 0.717) is 11.5 Å². The van der Waals surface area contributed by atoms with Crippen LogP contribution in [0.3, 0.4) is 0 Å². The summed E-state index contributed by atoms with van der Waals surface area (Å²) >= 11 is 0. The maximum Gasteiger partial charge on any atom is 0.317 e. The molecule has 136 valence electrons. The largest absolute Gasteiger partial charge is 0.480 e. The summed E-state index contributed by atoms with van der Waals surface area (Å²) in [7, 11) is 0. The van der Waals surface area contributed by atoms with Crippen molar-refractivity contribution in [1.82, 2.24) is 15.1 Å². The Kier molecular flexibility index (Phi) is 5.33. The second-order valence-corrected chi connectivity index (χ2v) is 7.92. The van der Waals surface area contributed by atoms with Gasteiger partial charge in [-0.25, -0.2) is 4.79 Å². The lowest BCUT2D eigenvalue weighted by molar-refractivity contribution is -0.139. The Morgan fingerprint density at radius 1 is 1.17 bits per heavy atom. The van der Waals surface area contributed by atoms with Crippen LogP contribution >= 0.6 is 0 Å². The zero-order valence-corrected chi connectivity index (χ0v) is 14.8. The van der Waals surface area contributed by atoms with Crippen LogP contribution in [0.2, 0.25) is 0 Å². The van der Waals surface area contributed by atoms with Crippen LogP contribution in [0.1, 0.15) is 58.3 Å². The first-order chi connectivity index (χ1) is 11.5. The summed E-state index contributed by atoms with van der Waals surface area (Å²) < 4.78 is 0. The van der Waals surface area contributed by atoms with Crippen molar-refractivity contribution in [3.63, 3.8) is 0 Å². The van der Waals surface area contributed by atoms with Crippen LogP contribution in [0.4, 0.5) is 4.79 Å². The van der Waals surface area contributed by atoms with Gasteiger partial charge in [-0.15, -0.1) is 0 Å². The quantitative estimate of drug-likeness (QED) is 0.807. The van der Waals surface area contributed by atoms with Crippen LogP contribution in [-0.4, -0.2) is 65.2 Å². The highest BCUT2D eigenvalue weighted by molar-refractivity contribution is 5.74. The number of urea groups is 1. The lowest BCUT2D eigenvalue weighted by atomic mass is 9.77. The molecule has 2 N–H and O–H groups in total. The molecule has 2 aliphatic carbocycles. The summed E-state index contributed by atoms with van der Waals surface area (Å²) in [5.74, 6) is -0.779. The molecule has 0 radical (unpaired) electrons. The summed E-state index contributed by atoms with van der Waals surface area (Å²) in [6.07, 6.45) is 9.48. The molecule has 0 aromatic carbocycles. The number of likely N-dealkylation sites (tertiary alicyclic amines) is 1. The minimum Gasteiger partial charge on any atom is -0.480 e. The zero-order chi connectivity index (χ0) is 17.2. The maximum absolute atomic E-state index is 12.4. The number of hydrogen-bond acceptors (Lipinski definition) is 3. The van der Waals surface area contributed by atoms with Gasteiger partial charge in [0.15, 0.2) is 0 Å². The molecule has 24 heavy (non-hydrogen) atoms. The van der Waals surface area contributed by atoms with E-state index < -0.39 is 5.97 Å². The Labute approximate surface area is 144 Å². The number of carbonyl (C=O) groups excluding carboxylic acids is 1. The van der Waals surface area contributed by atoms with Crippen molar-refractivity contribution in [2.24, 2.45) is 5.41 Å². The highest BCUT2D eigenvalue weighted by atomic mass is 16.4. The van der Waals surface area contributed by atoms with Crippen LogP contribution in [0.25, 0.3) is 0 Å². The Morgan fingerprint density at radius 2 is 1.79 bits per heavy atom. The topological polar surface area (TPSA) is 72.9 Å². The predicted octanol–water partition coefficient (Wildman–Crippen LogP) is 2.29. The SMILES string of the molecule is CCN(CC(=O)O)C1CC(NC(=O)N2CCC3(CCCC3)CC2)C1. The molecule has 0 unspecified atom stereocenters. The van der Waals surface area contributed by atoms with E-state index in [1.807, 2.05) is 16.7 Å². The lowest BCUT2D eigenvalue weighted by Crippen LogP contribution is -2.57. The van der Waals surface area contributed by atoms with Gasteiger partial charge in [-0.3, -0.25) is 9.69 Å². The molecule has 0 aromatic rings. The number of nitrogens with one attached hydrogen (secondary N) is 1. The van der Waals surface area contributed by atoms with Crippen LogP contribution in [0, 0.1) is 5.41 Å². The van der Waals surface area contributed by atoms with Gasteiger partial charge in [-0.2, -0.15) is 0 Å². The van der Waals surface area contributed by atoms with Crippen molar-refractivity contribution in [2.45, 2.75) is 70.4 Å². The second-order valence-electron chi connectivity index (χ2n) is 7.92. The van der Waals surface area contributed by atoms with Gasteiger partial charge in [0.2, 0.25) is 0 Å². The molecule has 3 rings (SSSR count). The first kappa shape index (κ1) is 17.5. The molecule has 1 heterocycles. The van der Waals surface area contributed by atoms with E-state index in [2.05, 4.69) is 5.32 Å². The molecule has 3 fully saturated rings. The van der Waals surface area contributed by atoms with Crippen LogP contribution < -0.4 is 5.32 Å². The van der Waals surface area contributed by atoms with Crippen molar-refractivity contribution in [2.75, 3.05) is 26.2 Å². The first-order valence-electron chi connectivity index (χ1n) is 9.53. The Hall–Kier alpha value is -1.30. The molecule has 6 nitrogen and oxygen atoms in total. The van der Waals surface area contributed by atoms with Gasteiger partial charge in [0.05, 0.1) is 6.54 Å². The number of carboxylic acid groups (broad SMARTS) is 1. The molecule has 1 spiro atoms. The molecule has 3 aliphatic rings. The molecule has 0 bridgehead atoms. The molecule has 6 heteroatoms. The molecule has 2 amide bonds. The van der Waals surface area contributed by atoms with Crippen LogP contribution in [-0.2, 0) is 4.79 Å². The maximum atomic E-state index is 12.4. The van der Waals surface area contributed by atoms with E-state index >= 15 is 0 Å². The first-order valence-corrected chi connectivity index (χ1v) is 9.53. The van der Waals surface area contributed by atoms with Gasteiger partial charge in [-0.05, 0) is 50.5 Å². The Morgan fingerprint density at radius 3 is 2.33 bits per heavy atom. The number of piperidine rings is 1. The molecule has 0 atom stereocenters. The van der Waals surface area contributed by atoms with Crippen LogP contribution in [0.5, 0.6) is 0 Å². The van der Waals surface area contributed by atoms with E-state index in [1.54, 1.807) is 0 Å². The second kappa shape index (κ2) is 7.30. The fourth-order valence-electron chi connectivity index (χ4n) is 4.75. The third-order valence-electron chi connectivity index (χ3n) is 6.48. The van der Waals surface area contributed by atoms with Crippen LogP contribution in [0.15, 0.2) is 0 Å². The Bertz CT molecular complexity index is 460. The molecular formula is C18H31N3O3. The summed E-state index contributed by atoms with van der Waals surface area (Å²) in [4.78, 5) is 27.3. The molecule has 1 saturated heterocycles. The van der Waals surface area contributed by atoms with Crippen molar-refractivity contribution >= 4 is 12.0 Å². The van der Waals surface area contributed by atoms with Gasteiger partial charge in [-0.1, -0.05) is 19.8 Å². The van der Waals surface area contributed by atoms with E-state index in [0.717, 1.165) is 45.3 Å². The van der Waals surface area contributed by atoms with Gasteiger partial charge in [0.25, 0.3) is 0 Å². The molecular weight excluding hydrogens is 306 g/mol. The monoisotopic (exact) mass is 337 g/mol. The smallest absolute Gasteiger partial charge is 0.317 e. The third kappa shape index (κ3) is 3.85. The number of amides is 2. The summed E-state index contributed by atoms with van der Waals surface area (Å²) in [5.41, 5.74) is 0.538. The summed E-state index contributed by atoms with van der Waals surface area (Å²) in [6, 6.07) is 0.569. The predicted molar refractivity (Wildman–Crippen MR) is 91.9 cm³/mol. The van der Waals surface area contributed by atoms with Gasteiger partial charge in [0.1, 0.15) is 0 Å². The van der Waals surface area contributed by atoms with Crippen molar-refractivity contribution in [1.29, 1.82) is 0 Å². The van der Waals surface area contributed by atoms with E-state index in [9.17, 15) is 9.59 Å². The number of aliphatic carboxylic acids is 1. The number of likely N-dealkylation sites (N-methyl/N-ethyl adjacent to an activating group) is 1. The third-order valence-corrected chi connectivity index (χ3v) is 6.48. The minimum atomic E-state index is -0.779.